The molecule has 1 atom stereocenters. The molecule has 0 saturated carbocycles. The number of carboxylic acids is 1. The number of para-hydroxylation sites is 1. The molecule has 1 aromatic carbocycles. The summed E-state index contributed by atoms with van der Waals surface area (Å²) in [6.45, 7) is 1.90. The minimum atomic E-state index is -1.01. The molecule has 0 radical (unpaired) electrons. The van der Waals surface area contributed by atoms with Gasteiger partial charge in [0, 0.05) is 23.6 Å². The summed E-state index contributed by atoms with van der Waals surface area (Å²) in [6, 6.07) is 6.82. The average Bonchev–Trinajstić information content (AvgIpc) is 2.52. The van der Waals surface area contributed by atoms with Crippen LogP contribution in [0.1, 0.15) is 17.3 Å². The van der Waals surface area contributed by atoms with Crippen LogP contribution in [0.2, 0.25) is 0 Å². The van der Waals surface area contributed by atoms with Crippen LogP contribution in [0.25, 0.3) is 10.9 Å². The van der Waals surface area contributed by atoms with Crippen molar-refractivity contribution in [2.45, 2.75) is 13.0 Å². The number of carbonyl (C=O) groups is 1. The Morgan fingerprint density at radius 2 is 2.06 bits per heavy atom. The summed E-state index contributed by atoms with van der Waals surface area (Å²) in [4.78, 5) is 10.9. The van der Waals surface area contributed by atoms with E-state index >= 15 is 0 Å². The van der Waals surface area contributed by atoms with Gasteiger partial charge in [-0.3, -0.25) is 4.79 Å². The minimum absolute atomic E-state index is 0.661. The lowest BCUT2D eigenvalue weighted by molar-refractivity contribution is -0.138. The van der Waals surface area contributed by atoms with E-state index < -0.39 is 12.0 Å². The van der Waals surface area contributed by atoms with Crippen LogP contribution in [0.3, 0.4) is 0 Å². The highest BCUT2D eigenvalue weighted by Gasteiger charge is 2.22. The number of rotatable bonds is 2. The van der Waals surface area contributed by atoms with Crippen molar-refractivity contribution in [3.63, 3.8) is 0 Å². The number of carboxylic acid groups (broad SMARTS) is 1. The third kappa shape index (κ3) is 1.39. The molecule has 2 aromatic rings. The molecule has 0 saturated heterocycles. The van der Waals surface area contributed by atoms with Crippen LogP contribution < -0.4 is 5.73 Å². The second-order valence-electron chi connectivity index (χ2n) is 3.90. The van der Waals surface area contributed by atoms with E-state index in [0.29, 0.717) is 5.69 Å². The van der Waals surface area contributed by atoms with E-state index in [0.717, 1.165) is 16.5 Å². The van der Waals surface area contributed by atoms with Crippen molar-refractivity contribution in [1.82, 2.24) is 4.57 Å². The zero-order valence-electron chi connectivity index (χ0n) is 9.27. The molecule has 0 aliphatic heterocycles. The van der Waals surface area contributed by atoms with Gasteiger partial charge in [-0.2, -0.15) is 0 Å². The molecule has 1 aromatic heterocycles. The van der Waals surface area contributed by atoms with E-state index in [1.165, 1.54) is 0 Å². The number of aromatic nitrogens is 1. The lowest BCUT2D eigenvalue weighted by atomic mass is 10.1. The van der Waals surface area contributed by atoms with Gasteiger partial charge in [-0.25, -0.2) is 0 Å². The quantitative estimate of drug-likeness (QED) is 0.804. The summed E-state index contributed by atoms with van der Waals surface area (Å²) in [7, 11) is 1.84. The third-order valence-corrected chi connectivity index (χ3v) is 2.98. The van der Waals surface area contributed by atoms with Crippen molar-refractivity contribution in [3.8, 4) is 0 Å². The van der Waals surface area contributed by atoms with Crippen LogP contribution in [-0.4, -0.2) is 15.6 Å². The maximum absolute atomic E-state index is 10.9. The Labute approximate surface area is 93.3 Å². The maximum Gasteiger partial charge on any atom is 0.326 e. The number of aryl methyl sites for hydroxylation is 2. The zero-order valence-corrected chi connectivity index (χ0v) is 9.27. The van der Waals surface area contributed by atoms with Crippen LogP contribution in [-0.2, 0) is 11.8 Å². The van der Waals surface area contributed by atoms with Gasteiger partial charge < -0.3 is 15.4 Å². The molecule has 2 rings (SSSR count). The zero-order chi connectivity index (χ0) is 11.9. The summed E-state index contributed by atoms with van der Waals surface area (Å²) < 4.78 is 1.85. The first kappa shape index (κ1) is 10.7. The van der Waals surface area contributed by atoms with Gasteiger partial charge in [0.2, 0.25) is 0 Å². The molecular weight excluding hydrogens is 204 g/mol. The Kier molecular flexibility index (Phi) is 2.44. The molecule has 0 aliphatic carbocycles. The first-order valence-electron chi connectivity index (χ1n) is 5.06. The van der Waals surface area contributed by atoms with E-state index in [1.807, 2.05) is 42.8 Å². The molecule has 0 fully saturated rings. The molecule has 1 unspecified atom stereocenters. The fourth-order valence-corrected chi connectivity index (χ4v) is 2.16. The first-order valence-corrected chi connectivity index (χ1v) is 5.06. The molecule has 0 spiro atoms. The molecule has 16 heavy (non-hydrogen) atoms. The minimum Gasteiger partial charge on any atom is -0.480 e. The lowest BCUT2D eigenvalue weighted by Crippen LogP contribution is -2.23. The Hall–Kier alpha value is -1.81. The molecule has 4 heteroatoms. The summed E-state index contributed by atoms with van der Waals surface area (Å²) in [6.07, 6.45) is 0. The van der Waals surface area contributed by atoms with Gasteiger partial charge in [-0.1, -0.05) is 18.2 Å². The van der Waals surface area contributed by atoms with E-state index in [4.69, 9.17) is 10.8 Å². The van der Waals surface area contributed by atoms with E-state index in [2.05, 4.69) is 0 Å². The molecular formula is C12H14N2O2. The number of hydrogen-bond acceptors (Lipinski definition) is 2. The van der Waals surface area contributed by atoms with Gasteiger partial charge in [0.25, 0.3) is 0 Å². The Bertz CT molecular complexity index is 518. The predicted molar refractivity (Wildman–Crippen MR) is 62.2 cm³/mol. The first-order chi connectivity index (χ1) is 7.54. The van der Waals surface area contributed by atoms with Crippen molar-refractivity contribution in [2.24, 2.45) is 12.8 Å². The number of nitrogens with zero attached hydrogens (tertiary/aromatic N) is 1. The Morgan fingerprint density at radius 1 is 1.44 bits per heavy atom. The molecule has 84 valence electrons. The third-order valence-electron chi connectivity index (χ3n) is 2.98. The second-order valence-corrected chi connectivity index (χ2v) is 3.90. The fraction of sp³-hybridized carbons (Fsp3) is 0.250. The highest BCUT2D eigenvalue weighted by molar-refractivity contribution is 5.88. The Morgan fingerprint density at radius 3 is 2.62 bits per heavy atom. The highest BCUT2D eigenvalue weighted by Crippen LogP contribution is 2.27. The average molecular weight is 218 g/mol. The van der Waals surface area contributed by atoms with Crippen LogP contribution in [0.15, 0.2) is 24.3 Å². The van der Waals surface area contributed by atoms with Crippen molar-refractivity contribution in [1.29, 1.82) is 0 Å². The van der Waals surface area contributed by atoms with E-state index in [1.54, 1.807) is 0 Å². The molecule has 3 N–H and O–H groups in total. The largest absolute Gasteiger partial charge is 0.480 e. The maximum atomic E-state index is 10.9. The van der Waals surface area contributed by atoms with Crippen molar-refractivity contribution in [2.75, 3.05) is 0 Å². The van der Waals surface area contributed by atoms with Crippen LogP contribution >= 0.6 is 0 Å². The van der Waals surface area contributed by atoms with Crippen LogP contribution in [0.4, 0.5) is 0 Å². The standard InChI is InChI=1S/C12H14N2O2/c1-7-8-5-3-4-6-9(8)14(2)11(7)10(13)12(15)16/h3-6,10H,13H2,1-2H3,(H,15,16). The van der Waals surface area contributed by atoms with Gasteiger partial charge in [0.15, 0.2) is 0 Å². The van der Waals surface area contributed by atoms with Gasteiger partial charge in [-0.05, 0) is 18.6 Å². The lowest BCUT2D eigenvalue weighted by Gasteiger charge is -2.09. The number of hydrogen-bond donors (Lipinski definition) is 2. The van der Waals surface area contributed by atoms with Crippen molar-refractivity contribution in [3.05, 3.63) is 35.5 Å². The molecule has 0 bridgehead atoms. The van der Waals surface area contributed by atoms with E-state index in [9.17, 15) is 4.79 Å². The number of nitrogens with two attached hydrogens (primary N) is 1. The normalized spacial score (nSPS) is 12.9. The SMILES string of the molecule is Cc1c(C(N)C(=O)O)n(C)c2ccccc12. The number of aliphatic carboxylic acids is 1. The topological polar surface area (TPSA) is 68.2 Å². The van der Waals surface area contributed by atoms with Crippen LogP contribution in [0, 0.1) is 6.92 Å². The summed E-state index contributed by atoms with van der Waals surface area (Å²) in [5, 5.41) is 10.0. The fourth-order valence-electron chi connectivity index (χ4n) is 2.16. The van der Waals surface area contributed by atoms with E-state index in [-0.39, 0.29) is 0 Å². The van der Waals surface area contributed by atoms with Crippen molar-refractivity contribution < 1.29 is 9.90 Å². The Balaban J connectivity index is 2.75. The van der Waals surface area contributed by atoms with Gasteiger partial charge in [-0.15, -0.1) is 0 Å². The van der Waals surface area contributed by atoms with Gasteiger partial charge >= 0.3 is 5.97 Å². The summed E-state index contributed by atoms with van der Waals surface area (Å²) in [5.74, 6) is -1.01. The predicted octanol–water partition coefficient (Wildman–Crippen LogP) is 1.57. The van der Waals surface area contributed by atoms with Gasteiger partial charge in [0.05, 0.1) is 0 Å². The molecule has 0 amide bonds. The highest BCUT2D eigenvalue weighted by atomic mass is 16.4. The number of benzene rings is 1. The summed E-state index contributed by atoms with van der Waals surface area (Å²) in [5.41, 5.74) is 8.29. The molecule has 1 heterocycles. The van der Waals surface area contributed by atoms with Crippen molar-refractivity contribution >= 4 is 16.9 Å². The smallest absolute Gasteiger partial charge is 0.326 e. The monoisotopic (exact) mass is 218 g/mol. The number of fused-ring (bicyclic) bond motifs is 1. The summed E-state index contributed by atoms with van der Waals surface area (Å²) >= 11 is 0. The van der Waals surface area contributed by atoms with Crippen LogP contribution in [0.5, 0.6) is 0 Å². The van der Waals surface area contributed by atoms with Gasteiger partial charge in [0.1, 0.15) is 6.04 Å². The molecule has 0 aliphatic rings. The molecule has 4 nitrogen and oxygen atoms in total. The second kappa shape index (κ2) is 3.64.